The number of nitrogens with one attached hydrogen (secondary N) is 2. The van der Waals surface area contributed by atoms with Crippen LogP contribution in [0.1, 0.15) is 31.0 Å². The summed E-state index contributed by atoms with van der Waals surface area (Å²) in [6.45, 7) is 5.19. The topological polar surface area (TPSA) is 158 Å². The van der Waals surface area contributed by atoms with Crippen LogP contribution in [0.4, 0.5) is 20.6 Å². The molecule has 13 heteroatoms. The predicted octanol–water partition coefficient (Wildman–Crippen LogP) is 5.62. The minimum Gasteiger partial charge on any atom is -0.481 e. The lowest BCUT2D eigenvalue weighted by Gasteiger charge is -2.42. The first kappa shape index (κ1) is 34.1. The first-order valence-electron chi connectivity index (χ1n) is 12.9. The fourth-order valence-corrected chi connectivity index (χ4v) is 4.08. The number of urea groups is 1. The molecular formula is C30H32ClFN6O5. The van der Waals surface area contributed by atoms with Crippen molar-refractivity contribution in [1.29, 1.82) is 5.26 Å². The first-order chi connectivity index (χ1) is 20.4. The molecule has 1 saturated heterocycles. The van der Waals surface area contributed by atoms with Crippen LogP contribution in [0.3, 0.4) is 0 Å². The molecule has 0 saturated carbocycles. The Bertz CT molecular complexity index is 1440. The van der Waals surface area contributed by atoms with Crippen molar-refractivity contribution in [3.8, 4) is 6.19 Å². The van der Waals surface area contributed by atoms with E-state index in [0.717, 1.165) is 25.0 Å². The minimum absolute atomic E-state index is 0.242. The molecule has 1 aliphatic rings. The number of amides is 2. The zero-order valence-electron chi connectivity index (χ0n) is 23.8. The van der Waals surface area contributed by atoms with Gasteiger partial charge in [0.15, 0.2) is 6.19 Å². The van der Waals surface area contributed by atoms with Gasteiger partial charge < -0.3 is 25.3 Å². The van der Waals surface area contributed by atoms with E-state index in [1.807, 2.05) is 48.3 Å². The van der Waals surface area contributed by atoms with Crippen LogP contribution in [0.2, 0.25) is 5.02 Å². The molecule has 1 fully saturated rings. The van der Waals surface area contributed by atoms with E-state index < -0.39 is 17.8 Å². The number of halogens is 2. The van der Waals surface area contributed by atoms with Crippen molar-refractivity contribution in [3.05, 3.63) is 94.8 Å². The fourth-order valence-electron chi connectivity index (χ4n) is 3.95. The van der Waals surface area contributed by atoms with Crippen LogP contribution in [-0.2, 0) is 9.59 Å². The van der Waals surface area contributed by atoms with E-state index in [2.05, 4.69) is 15.6 Å². The zero-order valence-corrected chi connectivity index (χ0v) is 24.5. The van der Waals surface area contributed by atoms with Crippen molar-refractivity contribution in [3.63, 3.8) is 0 Å². The van der Waals surface area contributed by atoms with Crippen molar-refractivity contribution in [2.24, 2.45) is 4.99 Å². The quantitative estimate of drug-likeness (QED) is 0.129. The summed E-state index contributed by atoms with van der Waals surface area (Å²) in [5.41, 5.74) is 2.80. The third-order valence-corrected chi connectivity index (χ3v) is 6.04. The van der Waals surface area contributed by atoms with Crippen molar-refractivity contribution < 1.29 is 29.0 Å². The number of guanidine groups is 1. The van der Waals surface area contributed by atoms with Gasteiger partial charge in [-0.05, 0) is 54.4 Å². The SMILES string of the molecule is CC(=O)O.CC(=O)O.Cc1ccc(F)cc1N=C(NC#N)N1CCN(C(=O)Nc2ccc(Cl)cc2)C(c2ccccc2)C1. The Labute approximate surface area is 253 Å². The maximum absolute atomic E-state index is 13.8. The van der Waals surface area contributed by atoms with E-state index in [-0.39, 0.29) is 12.1 Å². The van der Waals surface area contributed by atoms with Crippen LogP contribution in [0, 0.1) is 24.2 Å². The normalized spacial score (nSPS) is 14.1. The second kappa shape index (κ2) is 17.0. The Morgan fingerprint density at radius 1 is 1.00 bits per heavy atom. The number of aliphatic carboxylic acids is 2. The summed E-state index contributed by atoms with van der Waals surface area (Å²) in [6.07, 6.45) is 1.93. The summed E-state index contributed by atoms with van der Waals surface area (Å²) >= 11 is 5.96. The highest BCUT2D eigenvalue weighted by Gasteiger charge is 2.33. The lowest BCUT2D eigenvalue weighted by atomic mass is 10.0. The van der Waals surface area contributed by atoms with Gasteiger partial charge in [0.1, 0.15) is 5.82 Å². The van der Waals surface area contributed by atoms with Crippen molar-refractivity contribution in [2.45, 2.75) is 26.8 Å². The summed E-state index contributed by atoms with van der Waals surface area (Å²) in [4.78, 5) is 39.4. The molecule has 1 aliphatic heterocycles. The Balaban J connectivity index is 0.000000719. The maximum Gasteiger partial charge on any atom is 0.322 e. The van der Waals surface area contributed by atoms with Gasteiger partial charge >= 0.3 is 6.03 Å². The molecule has 4 rings (SSSR count). The summed E-state index contributed by atoms with van der Waals surface area (Å²) in [6, 6.07) is 20.4. The Morgan fingerprint density at radius 3 is 2.19 bits per heavy atom. The smallest absolute Gasteiger partial charge is 0.322 e. The second-order valence-electron chi connectivity index (χ2n) is 9.14. The van der Waals surface area contributed by atoms with Gasteiger partial charge in [-0.1, -0.05) is 48.0 Å². The van der Waals surface area contributed by atoms with Crippen molar-refractivity contribution in [1.82, 2.24) is 15.1 Å². The van der Waals surface area contributed by atoms with Gasteiger partial charge in [0.25, 0.3) is 11.9 Å². The second-order valence-corrected chi connectivity index (χ2v) is 9.58. The third-order valence-electron chi connectivity index (χ3n) is 5.79. The number of rotatable bonds is 3. The van der Waals surface area contributed by atoms with Gasteiger partial charge in [0.05, 0.1) is 11.7 Å². The Kier molecular flexibility index (Phi) is 13.4. The number of anilines is 1. The van der Waals surface area contributed by atoms with E-state index in [1.165, 1.54) is 12.1 Å². The van der Waals surface area contributed by atoms with Crippen LogP contribution in [0.15, 0.2) is 77.8 Å². The van der Waals surface area contributed by atoms with Crippen LogP contribution < -0.4 is 10.6 Å². The summed E-state index contributed by atoms with van der Waals surface area (Å²) in [5.74, 6) is -1.77. The third kappa shape index (κ3) is 11.7. The first-order valence-corrected chi connectivity index (χ1v) is 13.3. The molecule has 226 valence electrons. The highest BCUT2D eigenvalue weighted by Crippen LogP contribution is 2.28. The lowest BCUT2D eigenvalue weighted by molar-refractivity contribution is -0.135. The number of carboxylic acid groups (broad SMARTS) is 2. The van der Waals surface area contributed by atoms with E-state index in [1.54, 1.807) is 35.2 Å². The van der Waals surface area contributed by atoms with Crippen LogP contribution in [-0.4, -0.2) is 63.6 Å². The molecule has 3 aromatic rings. The molecular weight excluding hydrogens is 579 g/mol. The predicted molar refractivity (Wildman–Crippen MR) is 162 cm³/mol. The highest BCUT2D eigenvalue weighted by molar-refractivity contribution is 6.30. The molecule has 43 heavy (non-hydrogen) atoms. The number of carboxylic acids is 2. The summed E-state index contributed by atoms with van der Waals surface area (Å²) in [7, 11) is 0. The van der Waals surface area contributed by atoms with Crippen LogP contribution in [0.25, 0.3) is 0 Å². The number of carbonyl (C=O) groups is 3. The molecule has 3 aromatic carbocycles. The van der Waals surface area contributed by atoms with Gasteiger partial charge in [-0.25, -0.2) is 14.2 Å². The minimum atomic E-state index is -0.833. The van der Waals surface area contributed by atoms with E-state index in [9.17, 15) is 14.4 Å². The van der Waals surface area contributed by atoms with Crippen LogP contribution >= 0.6 is 11.6 Å². The summed E-state index contributed by atoms with van der Waals surface area (Å²) in [5, 5.41) is 30.3. The van der Waals surface area contributed by atoms with Crippen molar-refractivity contribution in [2.75, 3.05) is 25.0 Å². The molecule has 0 radical (unpaired) electrons. The number of benzene rings is 3. The highest BCUT2D eigenvalue weighted by atomic mass is 35.5. The van der Waals surface area contributed by atoms with Gasteiger partial charge in [0, 0.05) is 44.2 Å². The summed E-state index contributed by atoms with van der Waals surface area (Å²) < 4.78 is 13.8. The van der Waals surface area contributed by atoms with Gasteiger partial charge in [0.2, 0.25) is 5.96 Å². The average Bonchev–Trinajstić information content (AvgIpc) is 2.95. The molecule has 1 unspecified atom stereocenters. The standard InChI is InChI=1S/C26H24ClFN6O.2C2H4O2/c1-18-7-10-21(28)15-23(18)32-25(30-17-29)33-13-14-34(24(16-33)19-5-3-2-4-6-19)26(35)31-22-11-8-20(27)9-12-22;2*1-2(3)4/h2-12,15,24H,13-14,16H2,1H3,(H,30,32)(H,31,35);2*1H3,(H,3,4). The van der Waals surface area contributed by atoms with Gasteiger partial charge in [-0.2, -0.15) is 5.26 Å². The molecule has 4 N–H and O–H groups in total. The molecule has 1 atom stereocenters. The monoisotopic (exact) mass is 610 g/mol. The fraction of sp³-hybridized carbons (Fsp3) is 0.233. The van der Waals surface area contributed by atoms with Gasteiger partial charge in [-0.3, -0.25) is 14.9 Å². The number of hydrogen-bond donors (Lipinski definition) is 4. The van der Waals surface area contributed by atoms with E-state index >= 15 is 0 Å². The molecule has 0 aliphatic carbocycles. The molecule has 1 heterocycles. The average molecular weight is 611 g/mol. The zero-order chi connectivity index (χ0) is 31.9. The number of carbonyl (C=O) groups excluding carboxylic acids is 1. The number of hydrogen-bond acceptors (Lipinski definition) is 5. The van der Waals surface area contributed by atoms with Crippen LogP contribution in [0.5, 0.6) is 0 Å². The van der Waals surface area contributed by atoms with Gasteiger partial charge in [-0.15, -0.1) is 0 Å². The lowest BCUT2D eigenvalue weighted by Crippen LogP contribution is -2.55. The van der Waals surface area contributed by atoms with E-state index in [4.69, 9.17) is 31.4 Å². The van der Waals surface area contributed by atoms with Crippen molar-refractivity contribution >= 4 is 46.9 Å². The maximum atomic E-state index is 13.8. The number of nitrogens with zero attached hydrogens (tertiary/aromatic N) is 4. The Hall–Kier alpha value is -5.15. The number of nitriles is 1. The van der Waals surface area contributed by atoms with E-state index in [0.29, 0.717) is 42.0 Å². The molecule has 0 spiro atoms. The largest absolute Gasteiger partial charge is 0.481 e. The number of piperazine rings is 1. The number of aliphatic imine (C=N–C) groups is 1. The molecule has 0 bridgehead atoms. The molecule has 11 nitrogen and oxygen atoms in total. The molecule has 2 amide bonds. The number of aryl methyl sites for hydroxylation is 1. The Morgan fingerprint density at radius 2 is 1.60 bits per heavy atom. The molecule has 0 aromatic heterocycles.